The molecule has 0 radical (unpaired) electrons. The van der Waals surface area contributed by atoms with Gasteiger partial charge in [-0.2, -0.15) is 0 Å². The predicted molar refractivity (Wildman–Crippen MR) is 73.2 cm³/mol. The Morgan fingerprint density at radius 1 is 1.05 bits per heavy atom. The lowest BCUT2D eigenvalue weighted by molar-refractivity contribution is 0.305. The Morgan fingerprint density at radius 3 is 2.75 bits per heavy atom. The number of hydrogen-bond acceptors (Lipinski definition) is 3. The second-order valence-electron chi connectivity index (χ2n) is 4.37. The second kappa shape index (κ2) is 5.17. The van der Waals surface area contributed by atoms with Crippen LogP contribution in [0.3, 0.4) is 0 Å². The van der Waals surface area contributed by atoms with Crippen molar-refractivity contribution in [3.63, 3.8) is 0 Å². The van der Waals surface area contributed by atoms with Crippen LogP contribution in [0.15, 0.2) is 63.8 Å². The first-order valence-electron chi connectivity index (χ1n) is 6.12. The van der Waals surface area contributed by atoms with Crippen LogP contribution in [0.1, 0.15) is 5.56 Å². The first kappa shape index (κ1) is 12.4. The monoisotopic (exact) mass is 270 g/mol. The van der Waals surface area contributed by atoms with Gasteiger partial charge in [-0.1, -0.05) is 12.1 Å². The van der Waals surface area contributed by atoms with Crippen molar-refractivity contribution < 1.29 is 13.5 Å². The van der Waals surface area contributed by atoms with Crippen LogP contribution < -0.4 is 10.4 Å². The average molecular weight is 270 g/mol. The third kappa shape index (κ3) is 2.69. The van der Waals surface area contributed by atoms with Gasteiger partial charge in [-0.05, 0) is 35.9 Å². The molecule has 0 aliphatic rings. The molecule has 0 unspecified atom stereocenters. The summed E-state index contributed by atoms with van der Waals surface area (Å²) in [6, 6.07) is 14.5. The highest BCUT2D eigenvalue weighted by Gasteiger charge is 2.01. The molecule has 3 aromatic rings. The summed E-state index contributed by atoms with van der Waals surface area (Å²) in [7, 11) is 0. The highest BCUT2D eigenvalue weighted by Crippen LogP contribution is 2.20. The van der Waals surface area contributed by atoms with Crippen LogP contribution in [-0.2, 0) is 6.61 Å². The Kier molecular flexibility index (Phi) is 3.21. The fourth-order valence-corrected chi connectivity index (χ4v) is 1.92. The smallest absolute Gasteiger partial charge is 0.336 e. The van der Waals surface area contributed by atoms with Gasteiger partial charge in [-0.15, -0.1) is 0 Å². The van der Waals surface area contributed by atoms with Crippen molar-refractivity contribution in [1.29, 1.82) is 0 Å². The molecule has 0 spiro atoms. The molecule has 0 fully saturated rings. The minimum absolute atomic E-state index is 0.250. The molecule has 0 amide bonds. The van der Waals surface area contributed by atoms with Gasteiger partial charge < -0.3 is 9.15 Å². The number of rotatable bonds is 3. The molecular weight excluding hydrogens is 259 g/mol. The Bertz CT molecular complexity index is 808. The molecule has 0 saturated carbocycles. The quantitative estimate of drug-likeness (QED) is 0.684. The minimum atomic E-state index is -0.403. The van der Waals surface area contributed by atoms with E-state index in [1.807, 2.05) is 0 Å². The summed E-state index contributed by atoms with van der Waals surface area (Å²) < 4.78 is 23.7. The largest absolute Gasteiger partial charge is 0.489 e. The highest BCUT2D eigenvalue weighted by molar-refractivity contribution is 5.77. The molecule has 4 heteroatoms. The molecule has 100 valence electrons. The average Bonchev–Trinajstić information content (AvgIpc) is 2.45. The Balaban J connectivity index is 1.82. The lowest BCUT2D eigenvalue weighted by Crippen LogP contribution is -1.97. The zero-order valence-corrected chi connectivity index (χ0v) is 10.5. The topological polar surface area (TPSA) is 39.4 Å². The van der Waals surface area contributed by atoms with Gasteiger partial charge in [0.05, 0.1) is 0 Å². The summed E-state index contributed by atoms with van der Waals surface area (Å²) >= 11 is 0. The predicted octanol–water partition coefficient (Wildman–Crippen LogP) is 3.51. The maximum Gasteiger partial charge on any atom is 0.336 e. The van der Waals surface area contributed by atoms with E-state index in [1.54, 1.807) is 36.4 Å². The van der Waals surface area contributed by atoms with E-state index in [2.05, 4.69) is 0 Å². The van der Waals surface area contributed by atoms with E-state index in [-0.39, 0.29) is 12.4 Å². The molecule has 20 heavy (non-hydrogen) atoms. The maximum absolute atomic E-state index is 13.0. The van der Waals surface area contributed by atoms with Gasteiger partial charge in [0.25, 0.3) is 0 Å². The minimum Gasteiger partial charge on any atom is -0.489 e. The van der Waals surface area contributed by atoms with Crippen molar-refractivity contribution in [2.24, 2.45) is 0 Å². The molecule has 0 aliphatic carbocycles. The lowest BCUT2D eigenvalue weighted by atomic mass is 10.2. The number of benzene rings is 2. The van der Waals surface area contributed by atoms with Crippen LogP contribution in [0, 0.1) is 5.82 Å². The Hall–Kier alpha value is -2.62. The van der Waals surface area contributed by atoms with Crippen LogP contribution in [-0.4, -0.2) is 0 Å². The van der Waals surface area contributed by atoms with Crippen molar-refractivity contribution in [3.8, 4) is 5.75 Å². The summed E-state index contributed by atoms with van der Waals surface area (Å²) in [6.07, 6.45) is 0. The van der Waals surface area contributed by atoms with Crippen LogP contribution >= 0.6 is 0 Å². The van der Waals surface area contributed by atoms with Gasteiger partial charge in [-0.3, -0.25) is 0 Å². The van der Waals surface area contributed by atoms with Crippen LogP contribution in [0.4, 0.5) is 4.39 Å². The first-order chi connectivity index (χ1) is 9.70. The van der Waals surface area contributed by atoms with Crippen molar-refractivity contribution in [3.05, 3.63) is 76.4 Å². The molecule has 0 atom stereocenters. The fourth-order valence-electron chi connectivity index (χ4n) is 1.92. The number of hydrogen-bond donors (Lipinski definition) is 0. The molecule has 0 bridgehead atoms. The molecule has 1 heterocycles. The zero-order valence-electron chi connectivity index (χ0n) is 10.5. The molecule has 3 nitrogen and oxygen atoms in total. The van der Waals surface area contributed by atoms with E-state index in [1.165, 1.54) is 18.2 Å². The second-order valence-corrected chi connectivity index (χ2v) is 4.37. The van der Waals surface area contributed by atoms with E-state index < -0.39 is 5.63 Å². The molecule has 3 rings (SSSR count). The molecule has 2 aromatic carbocycles. The number of ether oxygens (including phenoxy) is 1. The van der Waals surface area contributed by atoms with Gasteiger partial charge in [0.2, 0.25) is 0 Å². The van der Waals surface area contributed by atoms with Crippen molar-refractivity contribution in [2.45, 2.75) is 6.61 Å². The molecule has 0 saturated heterocycles. The summed E-state index contributed by atoms with van der Waals surface area (Å²) in [5.41, 5.74) is 0.800. The van der Waals surface area contributed by atoms with Crippen LogP contribution in [0.2, 0.25) is 0 Å². The standard InChI is InChI=1S/C16H11FO3/c17-13-3-1-2-11(8-13)10-19-14-6-4-12-5-7-16(18)20-15(12)9-14/h1-9H,10H2. The van der Waals surface area contributed by atoms with Gasteiger partial charge in [-0.25, -0.2) is 9.18 Å². The van der Waals surface area contributed by atoms with Gasteiger partial charge in [0.1, 0.15) is 23.8 Å². The normalized spacial score (nSPS) is 10.7. The summed E-state index contributed by atoms with van der Waals surface area (Å²) in [6.45, 7) is 0.250. The number of fused-ring (bicyclic) bond motifs is 1. The van der Waals surface area contributed by atoms with E-state index in [0.717, 1.165) is 10.9 Å². The van der Waals surface area contributed by atoms with E-state index >= 15 is 0 Å². The lowest BCUT2D eigenvalue weighted by Gasteiger charge is -2.07. The summed E-state index contributed by atoms with van der Waals surface area (Å²) in [5.74, 6) is 0.270. The van der Waals surface area contributed by atoms with Crippen molar-refractivity contribution in [2.75, 3.05) is 0 Å². The Morgan fingerprint density at radius 2 is 1.90 bits per heavy atom. The SMILES string of the molecule is O=c1ccc2ccc(OCc3cccc(F)c3)cc2o1. The van der Waals surface area contributed by atoms with E-state index in [4.69, 9.17) is 9.15 Å². The van der Waals surface area contributed by atoms with Gasteiger partial charge in [0, 0.05) is 17.5 Å². The highest BCUT2D eigenvalue weighted by atomic mass is 19.1. The third-order valence-electron chi connectivity index (χ3n) is 2.89. The number of halogens is 1. The van der Waals surface area contributed by atoms with Crippen molar-refractivity contribution in [1.82, 2.24) is 0 Å². The first-order valence-corrected chi connectivity index (χ1v) is 6.12. The summed E-state index contributed by atoms with van der Waals surface area (Å²) in [5, 5.41) is 0.822. The zero-order chi connectivity index (χ0) is 13.9. The van der Waals surface area contributed by atoms with Crippen molar-refractivity contribution >= 4 is 11.0 Å². The maximum atomic E-state index is 13.0. The third-order valence-corrected chi connectivity index (χ3v) is 2.89. The molecule has 0 N–H and O–H groups in total. The summed E-state index contributed by atoms with van der Waals surface area (Å²) in [4.78, 5) is 11.2. The van der Waals surface area contributed by atoms with Gasteiger partial charge in [0.15, 0.2) is 0 Å². The van der Waals surface area contributed by atoms with Gasteiger partial charge >= 0.3 is 5.63 Å². The van der Waals surface area contributed by atoms with E-state index in [9.17, 15) is 9.18 Å². The molecular formula is C16H11FO3. The Labute approximate surface area is 114 Å². The molecule has 0 aliphatic heterocycles. The van der Waals surface area contributed by atoms with Crippen LogP contribution in [0.5, 0.6) is 5.75 Å². The molecule has 1 aromatic heterocycles. The van der Waals surface area contributed by atoms with E-state index in [0.29, 0.717) is 11.3 Å². The van der Waals surface area contributed by atoms with Crippen LogP contribution in [0.25, 0.3) is 11.0 Å². The fraction of sp³-hybridized carbons (Fsp3) is 0.0625.